The van der Waals surface area contributed by atoms with Crippen molar-refractivity contribution in [3.63, 3.8) is 0 Å². The zero-order chi connectivity index (χ0) is 27.0. The number of sulfonamides is 1. The molecule has 1 aliphatic heterocycles. The Morgan fingerprint density at radius 1 is 1.22 bits per heavy atom. The second-order valence-electron chi connectivity index (χ2n) is 11.6. The van der Waals surface area contributed by atoms with Gasteiger partial charge in [0.25, 0.3) is 5.91 Å². The third-order valence-corrected chi connectivity index (χ3v) is 8.99. The Morgan fingerprint density at radius 2 is 1.92 bits per heavy atom. The summed E-state index contributed by atoms with van der Waals surface area (Å²) in [5, 5.41) is -0.549. The Balaban J connectivity index is 1.74. The largest absolute Gasteiger partial charge is 0.493 e. The van der Waals surface area contributed by atoms with Crippen LogP contribution in [0.25, 0.3) is 11.3 Å². The first-order chi connectivity index (χ1) is 17.4. The Bertz CT molecular complexity index is 1260. The van der Waals surface area contributed by atoms with E-state index in [9.17, 15) is 17.6 Å². The van der Waals surface area contributed by atoms with Crippen molar-refractivity contribution in [1.29, 1.82) is 0 Å². The van der Waals surface area contributed by atoms with E-state index < -0.39 is 27.0 Å². The monoisotopic (exact) mass is 531 g/mol. The first-order valence-electron chi connectivity index (χ1n) is 13.1. The molecule has 1 atom stereocenters. The van der Waals surface area contributed by atoms with Gasteiger partial charge in [0.1, 0.15) is 17.4 Å². The Kier molecular flexibility index (Phi) is 7.83. The molecule has 1 amide bonds. The number of amides is 1. The summed E-state index contributed by atoms with van der Waals surface area (Å²) in [6.45, 7) is 11.5. The molecule has 4 rings (SSSR count). The SMILES string of the molecule is CC(C)COc1cc(F)cc(-c2ccc(C(=O)NS(=O)(=O)C3CCCC3)c(N3C[C@@H](C)CC3(C)C)n2)c1. The molecule has 1 aromatic carbocycles. The maximum absolute atomic E-state index is 14.5. The number of carbonyl (C=O) groups is 1. The molecule has 1 aliphatic carbocycles. The lowest BCUT2D eigenvalue weighted by Crippen LogP contribution is -2.42. The molecule has 2 heterocycles. The van der Waals surface area contributed by atoms with Crippen molar-refractivity contribution >= 4 is 21.7 Å². The number of benzene rings is 1. The highest BCUT2D eigenvalue weighted by atomic mass is 32.2. The van der Waals surface area contributed by atoms with Crippen LogP contribution in [0, 0.1) is 17.7 Å². The van der Waals surface area contributed by atoms with Crippen LogP contribution in [0.4, 0.5) is 10.2 Å². The van der Waals surface area contributed by atoms with Crippen LogP contribution in [0.5, 0.6) is 5.75 Å². The van der Waals surface area contributed by atoms with Crippen LogP contribution in [0.3, 0.4) is 0 Å². The number of ether oxygens (including phenoxy) is 1. The zero-order valence-electron chi connectivity index (χ0n) is 22.4. The first kappa shape index (κ1) is 27.4. The quantitative estimate of drug-likeness (QED) is 0.481. The van der Waals surface area contributed by atoms with Gasteiger partial charge in [-0.15, -0.1) is 0 Å². The fourth-order valence-corrected chi connectivity index (χ4v) is 6.96. The van der Waals surface area contributed by atoms with Crippen molar-refractivity contribution in [2.45, 2.75) is 77.5 Å². The molecule has 37 heavy (non-hydrogen) atoms. The normalized spacial score (nSPS) is 20.0. The summed E-state index contributed by atoms with van der Waals surface area (Å²) >= 11 is 0. The molecule has 9 heteroatoms. The summed E-state index contributed by atoms with van der Waals surface area (Å²) in [6, 6.07) is 7.69. The smallest absolute Gasteiger partial charge is 0.268 e. The molecular weight excluding hydrogens is 493 g/mol. The lowest BCUT2D eigenvalue weighted by Gasteiger charge is -2.34. The van der Waals surface area contributed by atoms with Crippen LogP contribution in [-0.2, 0) is 10.0 Å². The number of pyridine rings is 1. The number of nitrogens with one attached hydrogen (secondary N) is 1. The van der Waals surface area contributed by atoms with E-state index >= 15 is 0 Å². The van der Waals surface area contributed by atoms with Gasteiger partial charge in [-0.2, -0.15) is 0 Å². The predicted molar refractivity (Wildman–Crippen MR) is 144 cm³/mol. The van der Waals surface area contributed by atoms with Gasteiger partial charge in [-0.1, -0.05) is 33.6 Å². The summed E-state index contributed by atoms with van der Waals surface area (Å²) in [5.41, 5.74) is 0.906. The van der Waals surface area contributed by atoms with E-state index in [1.807, 2.05) is 13.8 Å². The molecule has 2 aliphatic rings. The second-order valence-corrected chi connectivity index (χ2v) is 13.5. The van der Waals surface area contributed by atoms with E-state index in [2.05, 4.69) is 30.4 Å². The number of halogens is 1. The summed E-state index contributed by atoms with van der Waals surface area (Å²) < 4.78 is 48.3. The zero-order valence-corrected chi connectivity index (χ0v) is 23.2. The van der Waals surface area contributed by atoms with Gasteiger partial charge in [0.05, 0.1) is 23.1 Å². The molecule has 1 aromatic heterocycles. The van der Waals surface area contributed by atoms with Crippen LogP contribution in [-0.4, -0.2) is 43.2 Å². The van der Waals surface area contributed by atoms with Gasteiger partial charge in [-0.3, -0.25) is 4.79 Å². The molecule has 7 nitrogen and oxygen atoms in total. The molecule has 2 fully saturated rings. The molecule has 0 radical (unpaired) electrons. The van der Waals surface area contributed by atoms with E-state index in [0.29, 0.717) is 54.7 Å². The highest BCUT2D eigenvalue weighted by molar-refractivity contribution is 7.90. The number of hydrogen-bond acceptors (Lipinski definition) is 6. The van der Waals surface area contributed by atoms with Crippen LogP contribution < -0.4 is 14.4 Å². The maximum Gasteiger partial charge on any atom is 0.268 e. The number of rotatable bonds is 8. The molecule has 202 valence electrons. The standard InChI is InChI=1S/C28H38FN3O4S/c1-18(2)17-36-22-13-20(12-21(29)14-22)25-11-10-24(26(30-25)32-16-19(3)15-28(32,4)5)27(33)31-37(34,35)23-8-6-7-9-23/h10-14,18-19,23H,6-9,15-17H2,1-5H3,(H,31,33)/t19-/m0/s1. The maximum atomic E-state index is 14.5. The number of aromatic nitrogens is 1. The van der Waals surface area contributed by atoms with E-state index in [-0.39, 0.29) is 17.0 Å². The molecule has 0 unspecified atom stereocenters. The lowest BCUT2D eigenvalue weighted by molar-refractivity contribution is 0.0981. The Morgan fingerprint density at radius 3 is 2.54 bits per heavy atom. The number of hydrogen-bond donors (Lipinski definition) is 1. The number of carbonyl (C=O) groups excluding carboxylic acids is 1. The first-order valence-corrected chi connectivity index (χ1v) is 14.7. The van der Waals surface area contributed by atoms with Crippen molar-refractivity contribution in [2.24, 2.45) is 11.8 Å². The minimum absolute atomic E-state index is 0.195. The highest BCUT2D eigenvalue weighted by Crippen LogP contribution is 2.39. The van der Waals surface area contributed by atoms with Crippen molar-refractivity contribution in [3.05, 3.63) is 41.7 Å². The average Bonchev–Trinajstić information content (AvgIpc) is 3.44. The fourth-order valence-electron chi connectivity index (χ4n) is 5.47. The van der Waals surface area contributed by atoms with Gasteiger partial charge in [0.2, 0.25) is 10.0 Å². The van der Waals surface area contributed by atoms with Crippen LogP contribution in [0.1, 0.15) is 77.1 Å². The number of nitrogens with zero attached hydrogens (tertiary/aromatic N) is 2. The van der Waals surface area contributed by atoms with E-state index in [1.165, 1.54) is 12.1 Å². The van der Waals surface area contributed by atoms with Gasteiger partial charge in [0.15, 0.2) is 0 Å². The Labute approximate surface area is 219 Å². The van der Waals surface area contributed by atoms with Crippen molar-refractivity contribution in [2.75, 3.05) is 18.1 Å². The van der Waals surface area contributed by atoms with Crippen LogP contribution in [0.15, 0.2) is 30.3 Å². The third-order valence-electron chi connectivity index (χ3n) is 7.17. The summed E-state index contributed by atoms with van der Waals surface area (Å²) in [5.74, 6) is 0.333. The molecular formula is C28H38FN3O4S. The summed E-state index contributed by atoms with van der Waals surface area (Å²) in [6.07, 6.45) is 3.71. The second kappa shape index (κ2) is 10.6. The summed E-state index contributed by atoms with van der Waals surface area (Å²) in [7, 11) is -3.79. The molecule has 1 saturated heterocycles. The van der Waals surface area contributed by atoms with Gasteiger partial charge in [0, 0.05) is 23.7 Å². The van der Waals surface area contributed by atoms with Gasteiger partial charge in [-0.25, -0.2) is 22.5 Å². The minimum Gasteiger partial charge on any atom is -0.493 e. The average molecular weight is 532 g/mol. The predicted octanol–water partition coefficient (Wildman–Crippen LogP) is 5.55. The van der Waals surface area contributed by atoms with Gasteiger partial charge in [-0.05, 0) is 69.2 Å². The lowest BCUT2D eigenvalue weighted by atomic mass is 9.97. The Hall–Kier alpha value is -2.68. The van der Waals surface area contributed by atoms with Crippen molar-refractivity contribution in [3.8, 4) is 17.0 Å². The van der Waals surface area contributed by atoms with Crippen LogP contribution in [0.2, 0.25) is 0 Å². The molecule has 1 saturated carbocycles. The topological polar surface area (TPSA) is 88.6 Å². The fraction of sp³-hybridized carbons (Fsp3) is 0.571. The van der Waals surface area contributed by atoms with Crippen molar-refractivity contribution < 1.29 is 22.3 Å². The molecule has 1 N–H and O–H groups in total. The molecule has 2 aromatic rings. The van der Waals surface area contributed by atoms with Crippen LogP contribution >= 0.6 is 0 Å². The summed E-state index contributed by atoms with van der Waals surface area (Å²) in [4.78, 5) is 20.2. The van der Waals surface area contributed by atoms with E-state index in [1.54, 1.807) is 18.2 Å². The van der Waals surface area contributed by atoms with Crippen molar-refractivity contribution in [1.82, 2.24) is 9.71 Å². The van der Waals surface area contributed by atoms with E-state index in [0.717, 1.165) is 19.3 Å². The molecule has 0 bridgehead atoms. The minimum atomic E-state index is -3.79. The third kappa shape index (κ3) is 6.25. The van der Waals surface area contributed by atoms with E-state index in [4.69, 9.17) is 9.72 Å². The number of anilines is 1. The molecule has 0 spiro atoms. The van der Waals surface area contributed by atoms with Gasteiger partial charge < -0.3 is 9.64 Å². The van der Waals surface area contributed by atoms with Gasteiger partial charge >= 0.3 is 0 Å². The highest BCUT2D eigenvalue weighted by Gasteiger charge is 2.39.